The van der Waals surface area contributed by atoms with Gasteiger partial charge in [-0.05, 0) is 43.0 Å². The van der Waals surface area contributed by atoms with Gasteiger partial charge in [-0.2, -0.15) is 0 Å². The molecule has 136 valence electrons. The molecule has 1 heterocycles. The van der Waals surface area contributed by atoms with Crippen LogP contribution in [-0.4, -0.2) is 24.4 Å². The normalized spacial score (nSPS) is 12.5. The van der Waals surface area contributed by atoms with E-state index < -0.39 is 30.2 Å². The molecule has 0 bridgehead atoms. The Balaban J connectivity index is 1.66. The molecule has 3 N–H and O–H groups in total. The number of carbonyl (C=O) groups is 3. The Hall–Kier alpha value is -2.26. The van der Waals surface area contributed by atoms with E-state index in [4.69, 9.17) is 10.5 Å². The lowest BCUT2D eigenvalue weighted by Gasteiger charge is -2.08. The summed E-state index contributed by atoms with van der Waals surface area (Å²) in [5.74, 6) is -2.93. The summed E-state index contributed by atoms with van der Waals surface area (Å²) in [5, 5.41) is 2.91. The Morgan fingerprint density at radius 2 is 2.08 bits per heavy atom. The summed E-state index contributed by atoms with van der Waals surface area (Å²) in [6, 6.07) is 3.83. The van der Waals surface area contributed by atoms with Gasteiger partial charge in [-0.1, -0.05) is 15.9 Å². The molecule has 1 aromatic carbocycles. The molecular weight excluding hydrogens is 427 g/mol. The number of thiophene rings is 1. The lowest BCUT2D eigenvalue weighted by molar-refractivity contribution is -0.119. The highest BCUT2D eigenvalue weighted by atomic mass is 79.9. The molecule has 2 aromatic rings. The minimum absolute atomic E-state index is 0.278. The summed E-state index contributed by atoms with van der Waals surface area (Å²) in [4.78, 5) is 36.7. The average molecular weight is 441 g/mol. The van der Waals surface area contributed by atoms with Crippen LogP contribution < -0.4 is 11.1 Å². The molecule has 1 aromatic heterocycles. The maximum Gasteiger partial charge on any atom is 0.341 e. The van der Waals surface area contributed by atoms with Crippen LogP contribution in [0.4, 0.5) is 9.39 Å². The van der Waals surface area contributed by atoms with E-state index in [2.05, 4.69) is 21.2 Å². The predicted molar refractivity (Wildman–Crippen MR) is 97.9 cm³/mol. The number of nitrogens with two attached hydrogens (primary N) is 1. The number of anilines is 1. The molecule has 0 fully saturated rings. The fourth-order valence-electron chi connectivity index (χ4n) is 2.78. The molecule has 0 saturated carbocycles. The van der Waals surface area contributed by atoms with Crippen molar-refractivity contribution in [3.8, 4) is 0 Å². The number of primary amides is 1. The lowest BCUT2D eigenvalue weighted by atomic mass is 10.1. The van der Waals surface area contributed by atoms with Crippen molar-refractivity contribution in [3.05, 3.63) is 50.1 Å². The summed E-state index contributed by atoms with van der Waals surface area (Å²) in [5.41, 5.74) is 6.34. The first kappa shape index (κ1) is 18.5. The summed E-state index contributed by atoms with van der Waals surface area (Å²) < 4.78 is 19.0. The molecule has 9 heteroatoms. The maximum absolute atomic E-state index is 13.7. The van der Waals surface area contributed by atoms with Crippen LogP contribution in [0, 0.1) is 5.82 Å². The predicted octanol–water partition coefficient (Wildman–Crippen LogP) is 3.03. The van der Waals surface area contributed by atoms with Gasteiger partial charge in [-0.25, -0.2) is 9.18 Å². The van der Waals surface area contributed by atoms with E-state index in [0.717, 1.165) is 35.8 Å². The van der Waals surface area contributed by atoms with Crippen molar-refractivity contribution in [2.75, 3.05) is 11.9 Å². The molecule has 0 radical (unpaired) electrons. The number of aryl methyl sites for hydroxylation is 1. The van der Waals surface area contributed by atoms with Crippen molar-refractivity contribution in [2.24, 2.45) is 5.73 Å². The summed E-state index contributed by atoms with van der Waals surface area (Å²) in [6.07, 6.45) is 2.54. The molecule has 0 atom stereocenters. The number of halogens is 2. The van der Waals surface area contributed by atoms with Gasteiger partial charge in [0, 0.05) is 9.35 Å². The fraction of sp³-hybridized carbons (Fsp3) is 0.235. The Labute approximate surface area is 160 Å². The number of carbonyl (C=O) groups excluding carboxylic acids is 3. The highest BCUT2D eigenvalue weighted by Gasteiger charge is 2.26. The molecule has 1 aliphatic rings. The number of nitrogens with one attached hydrogen (secondary N) is 1. The van der Waals surface area contributed by atoms with Crippen LogP contribution in [-0.2, 0) is 22.4 Å². The molecule has 1 aliphatic carbocycles. The largest absolute Gasteiger partial charge is 0.452 e. The SMILES string of the molecule is NC(=O)c1c(NC(=O)COC(=O)c2cc(Br)ccc2F)sc2c1CCC2. The first-order chi connectivity index (χ1) is 12.4. The van der Waals surface area contributed by atoms with Crippen molar-refractivity contribution in [1.29, 1.82) is 0 Å². The standard InChI is InChI=1S/C17H14BrFN2O4S/c18-8-4-5-11(19)10(6-8)17(24)25-7-13(22)21-16-14(15(20)23)9-2-1-3-12(9)26-16/h4-6H,1-3,7H2,(H2,20,23)(H,21,22). The van der Waals surface area contributed by atoms with Gasteiger partial charge < -0.3 is 15.8 Å². The van der Waals surface area contributed by atoms with Crippen LogP contribution in [0.2, 0.25) is 0 Å². The number of ether oxygens (including phenoxy) is 1. The molecule has 0 unspecified atom stereocenters. The molecule has 3 rings (SSSR count). The molecule has 26 heavy (non-hydrogen) atoms. The van der Waals surface area contributed by atoms with E-state index in [0.29, 0.717) is 15.0 Å². The second kappa shape index (κ2) is 7.55. The summed E-state index contributed by atoms with van der Waals surface area (Å²) in [6.45, 7) is -0.606. The van der Waals surface area contributed by atoms with Crippen molar-refractivity contribution in [3.63, 3.8) is 0 Å². The highest BCUT2D eigenvalue weighted by molar-refractivity contribution is 9.10. The molecular formula is C17H14BrFN2O4S. The van der Waals surface area contributed by atoms with E-state index in [-0.39, 0.29) is 5.56 Å². The van der Waals surface area contributed by atoms with E-state index in [1.165, 1.54) is 23.5 Å². The number of hydrogen-bond donors (Lipinski definition) is 2. The summed E-state index contributed by atoms with van der Waals surface area (Å²) >= 11 is 4.44. The summed E-state index contributed by atoms with van der Waals surface area (Å²) in [7, 11) is 0. The van der Waals surface area contributed by atoms with Crippen molar-refractivity contribution >= 4 is 50.1 Å². The Kier molecular flexibility index (Phi) is 5.38. The maximum atomic E-state index is 13.7. The van der Waals surface area contributed by atoms with Crippen LogP contribution in [0.25, 0.3) is 0 Å². The molecule has 0 saturated heterocycles. The van der Waals surface area contributed by atoms with Crippen LogP contribution in [0.3, 0.4) is 0 Å². The first-order valence-corrected chi connectivity index (χ1v) is 9.34. The zero-order valence-electron chi connectivity index (χ0n) is 13.4. The molecule has 0 aliphatic heterocycles. The average Bonchev–Trinajstić information content (AvgIpc) is 3.15. The van der Waals surface area contributed by atoms with Crippen molar-refractivity contribution < 1.29 is 23.5 Å². The van der Waals surface area contributed by atoms with E-state index in [1.807, 2.05) is 0 Å². The zero-order chi connectivity index (χ0) is 18.8. The number of benzene rings is 1. The Morgan fingerprint density at radius 3 is 2.81 bits per heavy atom. The third-order valence-corrected chi connectivity index (χ3v) is 5.60. The second-order valence-corrected chi connectivity index (χ2v) is 7.70. The van der Waals surface area contributed by atoms with Crippen LogP contribution in [0.15, 0.2) is 22.7 Å². The quantitative estimate of drug-likeness (QED) is 0.697. The number of fused-ring (bicyclic) bond motifs is 1. The molecule has 0 spiro atoms. The number of rotatable bonds is 5. The minimum atomic E-state index is -0.956. The first-order valence-electron chi connectivity index (χ1n) is 7.73. The van der Waals surface area contributed by atoms with E-state index in [9.17, 15) is 18.8 Å². The van der Waals surface area contributed by atoms with Gasteiger partial charge in [0.25, 0.3) is 11.8 Å². The van der Waals surface area contributed by atoms with Gasteiger partial charge in [-0.3, -0.25) is 9.59 Å². The van der Waals surface area contributed by atoms with Gasteiger partial charge in [0.05, 0.1) is 11.1 Å². The van der Waals surface area contributed by atoms with Gasteiger partial charge in [-0.15, -0.1) is 11.3 Å². The fourth-order valence-corrected chi connectivity index (χ4v) is 4.45. The number of amides is 2. The van der Waals surface area contributed by atoms with Crippen LogP contribution in [0.5, 0.6) is 0 Å². The van der Waals surface area contributed by atoms with Gasteiger partial charge >= 0.3 is 5.97 Å². The third kappa shape index (κ3) is 3.78. The van der Waals surface area contributed by atoms with Gasteiger partial charge in [0.15, 0.2) is 6.61 Å². The van der Waals surface area contributed by atoms with Gasteiger partial charge in [0.1, 0.15) is 10.8 Å². The molecule has 6 nitrogen and oxygen atoms in total. The zero-order valence-corrected chi connectivity index (χ0v) is 15.8. The second-order valence-electron chi connectivity index (χ2n) is 5.67. The van der Waals surface area contributed by atoms with Crippen molar-refractivity contribution in [2.45, 2.75) is 19.3 Å². The Bertz CT molecular complexity index is 912. The lowest BCUT2D eigenvalue weighted by Crippen LogP contribution is -2.23. The van der Waals surface area contributed by atoms with Crippen LogP contribution in [0.1, 0.15) is 37.6 Å². The topological polar surface area (TPSA) is 98.5 Å². The minimum Gasteiger partial charge on any atom is -0.452 e. The monoisotopic (exact) mass is 440 g/mol. The highest BCUT2D eigenvalue weighted by Crippen LogP contribution is 2.38. The smallest absolute Gasteiger partial charge is 0.341 e. The van der Waals surface area contributed by atoms with Crippen molar-refractivity contribution in [1.82, 2.24) is 0 Å². The molecule has 2 amide bonds. The van der Waals surface area contributed by atoms with E-state index in [1.54, 1.807) is 0 Å². The third-order valence-electron chi connectivity index (χ3n) is 3.90. The number of esters is 1. The Morgan fingerprint density at radius 1 is 1.31 bits per heavy atom. The van der Waals surface area contributed by atoms with E-state index >= 15 is 0 Å². The van der Waals surface area contributed by atoms with Crippen LogP contribution >= 0.6 is 27.3 Å². The van der Waals surface area contributed by atoms with Gasteiger partial charge in [0.2, 0.25) is 0 Å². The number of hydrogen-bond acceptors (Lipinski definition) is 5.